The average Bonchev–Trinajstić information content (AvgIpc) is 3.50. The number of rotatable bonds is 8. The smallest absolute Gasteiger partial charge is 0.324 e. The molecule has 0 saturated carbocycles. The average molecular weight is 515 g/mol. The van der Waals surface area contributed by atoms with Crippen LogP contribution in [-0.4, -0.2) is 52.7 Å². The van der Waals surface area contributed by atoms with Crippen LogP contribution in [0, 0.1) is 5.92 Å². The molecule has 5 rings (SSSR count). The van der Waals surface area contributed by atoms with Gasteiger partial charge in [-0.05, 0) is 49.9 Å². The molecule has 1 saturated heterocycles. The lowest BCUT2D eigenvalue weighted by atomic mass is 9.92. The van der Waals surface area contributed by atoms with Crippen LogP contribution >= 0.6 is 11.3 Å². The molecule has 1 unspecified atom stereocenters. The number of fused-ring (bicyclic) bond motifs is 1. The van der Waals surface area contributed by atoms with E-state index in [-0.39, 0.29) is 11.9 Å². The quantitative estimate of drug-likeness (QED) is 0.349. The number of anilines is 1. The lowest BCUT2D eigenvalue weighted by Crippen LogP contribution is -2.38. The summed E-state index contributed by atoms with van der Waals surface area (Å²) >= 11 is 1.42. The van der Waals surface area contributed by atoms with Crippen LogP contribution in [0.4, 0.5) is 6.01 Å². The van der Waals surface area contributed by atoms with Crippen molar-refractivity contribution in [3.05, 3.63) is 42.0 Å². The summed E-state index contributed by atoms with van der Waals surface area (Å²) in [6, 6.07) is 7.95. The number of aromatic nitrogens is 5. The molecule has 0 spiro atoms. The minimum absolute atomic E-state index is 0.0235. The molecular formula is C23H26N6O4S2. The second-order valence-corrected chi connectivity index (χ2v) is 10.4. The number of aryl methyl sites for hydroxylation is 1. The first-order valence-electron chi connectivity index (χ1n) is 11.6. The number of hydrogen-bond acceptors (Lipinski definition) is 11. The minimum Gasteiger partial charge on any atom is -0.467 e. The normalized spacial score (nSPS) is 15.7. The van der Waals surface area contributed by atoms with Crippen molar-refractivity contribution in [2.45, 2.75) is 45.0 Å². The fraction of sp³-hybridized carbons (Fsp3) is 0.435. The van der Waals surface area contributed by atoms with E-state index in [2.05, 4.69) is 31.9 Å². The lowest BCUT2D eigenvalue weighted by Gasteiger charge is -2.33. The highest BCUT2D eigenvalue weighted by atomic mass is 32.2. The van der Waals surface area contributed by atoms with Crippen molar-refractivity contribution < 1.29 is 17.7 Å². The van der Waals surface area contributed by atoms with Crippen LogP contribution in [0.5, 0.6) is 5.19 Å². The summed E-state index contributed by atoms with van der Waals surface area (Å²) in [4.78, 5) is 20.9. The zero-order chi connectivity index (χ0) is 24.4. The van der Waals surface area contributed by atoms with Gasteiger partial charge >= 0.3 is 6.01 Å². The Morgan fingerprint density at radius 2 is 2.00 bits per heavy atom. The molecule has 0 aromatic carbocycles. The zero-order valence-corrected chi connectivity index (χ0v) is 21.2. The third-order valence-electron chi connectivity index (χ3n) is 6.18. The van der Waals surface area contributed by atoms with Gasteiger partial charge in [0.1, 0.15) is 27.2 Å². The van der Waals surface area contributed by atoms with Crippen molar-refractivity contribution in [3.63, 3.8) is 0 Å². The summed E-state index contributed by atoms with van der Waals surface area (Å²) in [6.07, 6.45) is 4.38. The standard InChI is InChI=1S/C23H26N6O4S2/c1-3-20-27-22(33-28-20)29-10-8-15(9-11-29)14(2)32-23-26-19-7-6-18(25-21(19)34-23)16-4-5-17(24-12-16)13-35(30)31/h4-7,12,14-15,35H,3,8-11,13H2,1-2H3. The Labute approximate surface area is 208 Å². The summed E-state index contributed by atoms with van der Waals surface area (Å²) in [5.41, 5.74) is 2.87. The van der Waals surface area contributed by atoms with E-state index in [9.17, 15) is 8.42 Å². The Balaban J connectivity index is 1.22. The molecule has 1 fully saturated rings. The summed E-state index contributed by atoms with van der Waals surface area (Å²) < 4.78 is 33.4. The van der Waals surface area contributed by atoms with E-state index < -0.39 is 10.7 Å². The van der Waals surface area contributed by atoms with E-state index in [1.807, 2.05) is 25.1 Å². The Bertz CT molecular complexity index is 1370. The first kappa shape index (κ1) is 23.6. The van der Waals surface area contributed by atoms with Gasteiger partial charge in [-0.3, -0.25) is 4.98 Å². The SMILES string of the molecule is CCc1noc(N2CCC(C(C)Oc3nc4ccc(-c5ccc(C[SH](=O)=O)nc5)nc4s3)CC2)n1. The number of nitrogens with zero attached hydrogens (tertiary/aromatic N) is 6. The van der Waals surface area contributed by atoms with Crippen LogP contribution in [0.15, 0.2) is 35.0 Å². The molecule has 0 N–H and O–H groups in total. The van der Waals surface area contributed by atoms with Gasteiger partial charge in [0.15, 0.2) is 5.82 Å². The highest BCUT2D eigenvalue weighted by Gasteiger charge is 2.28. The van der Waals surface area contributed by atoms with Gasteiger partial charge in [0, 0.05) is 31.3 Å². The predicted octanol–water partition coefficient (Wildman–Crippen LogP) is 3.49. The highest BCUT2D eigenvalue weighted by Crippen LogP contribution is 2.32. The molecule has 0 bridgehead atoms. The van der Waals surface area contributed by atoms with Gasteiger partial charge in [0.05, 0.1) is 17.1 Å². The molecule has 0 radical (unpaired) electrons. The number of thiazole rings is 1. The van der Waals surface area contributed by atoms with E-state index in [1.54, 1.807) is 12.3 Å². The molecule has 1 aliphatic rings. The second kappa shape index (κ2) is 10.2. The van der Waals surface area contributed by atoms with Gasteiger partial charge in [0.2, 0.25) is 0 Å². The highest BCUT2D eigenvalue weighted by molar-refractivity contribution is 7.71. The third kappa shape index (κ3) is 5.43. The molecule has 5 heterocycles. The van der Waals surface area contributed by atoms with E-state index in [0.29, 0.717) is 22.8 Å². The molecular weight excluding hydrogens is 488 g/mol. The fourth-order valence-corrected chi connectivity index (χ4v) is 5.47. The van der Waals surface area contributed by atoms with Gasteiger partial charge < -0.3 is 14.2 Å². The van der Waals surface area contributed by atoms with Crippen molar-refractivity contribution in [2.24, 2.45) is 5.92 Å². The molecule has 184 valence electrons. The first-order valence-corrected chi connectivity index (χ1v) is 13.7. The number of thiol groups is 1. The zero-order valence-electron chi connectivity index (χ0n) is 19.5. The predicted molar refractivity (Wildman–Crippen MR) is 133 cm³/mol. The maximum atomic E-state index is 10.9. The van der Waals surface area contributed by atoms with Gasteiger partial charge in [0.25, 0.3) is 5.19 Å². The van der Waals surface area contributed by atoms with Crippen LogP contribution in [0.3, 0.4) is 0 Å². The van der Waals surface area contributed by atoms with Gasteiger partial charge in [-0.25, -0.2) is 18.4 Å². The number of pyridine rings is 2. The van der Waals surface area contributed by atoms with E-state index in [0.717, 1.165) is 59.8 Å². The van der Waals surface area contributed by atoms with Crippen molar-refractivity contribution in [1.29, 1.82) is 0 Å². The Kier molecular flexibility index (Phi) is 6.91. The molecule has 1 aliphatic heterocycles. The molecule has 4 aromatic rings. The van der Waals surface area contributed by atoms with Crippen LogP contribution in [0.25, 0.3) is 21.6 Å². The molecule has 0 aliphatic carbocycles. The number of piperidine rings is 1. The Morgan fingerprint density at radius 3 is 2.69 bits per heavy atom. The first-order chi connectivity index (χ1) is 17.0. The van der Waals surface area contributed by atoms with Gasteiger partial charge in [-0.1, -0.05) is 23.4 Å². The van der Waals surface area contributed by atoms with Crippen LogP contribution in [-0.2, 0) is 22.9 Å². The monoisotopic (exact) mass is 514 g/mol. The van der Waals surface area contributed by atoms with Crippen LogP contribution < -0.4 is 9.64 Å². The molecule has 0 amide bonds. The van der Waals surface area contributed by atoms with E-state index >= 15 is 0 Å². The molecule has 10 nitrogen and oxygen atoms in total. The van der Waals surface area contributed by atoms with Crippen molar-refractivity contribution >= 4 is 38.4 Å². The van der Waals surface area contributed by atoms with E-state index in [4.69, 9.17) is 14.2 Å². The van der Waals surface area contributed by atoms with Gasteiger partial charge in [-0.15, -0.1) is 0 Å². The summed E-state index contributed by atoms with van der Waals surface area (Å²) in [6.45, 7) is 5.81. The Hall–Kier alpha value is -3.12. The number of hydrogen-bond donors (Lipinski definition) is 1. The topological polar surface area (TPSA) is 124 Å². The van der Waals surface area contributed by atoms with E-state index in [1.165, 1.54) is 11.3 Å². The van der Waals surface area contributed by atoms with Crippen LogP contribution in [0.1, 0.15) is 38.2 Å². The maximum Gasteiger partial charge on any atom is 0.324 e. The molecule has 1 atom stereocenters. The Morgan fingerprint density at radius 1 is 1.17 bits per heavy atom. The second-order valence-electron chi connectivity index (χ2n) is 8.52. The number of ether oxygens (including phenoxy) is 1. The largest absolute Gasteiger partial charge is 0.467 e. The minimum atomic E-state index is -2.50. The summed E-state index contributed by atoms with van der Waals surface area (Å²) in [5, 5.41) is 4.60. The molecule has 4 aromatic heterocycles. The third-order valence-corrected chi connectivity index (χ3v) is 7.62. The molecule has 35 heavy (non-hydrogen) atoms. The summed E-state index contributed by atoms with van der Waals surface area (Å²) in [7, 11) is -2.50. The van der Waals surface area contributed by atoms with Crippen molar-refractivity contribution in [2.75, 3.05) is 18.0 Å². The van der Waals surface area contributed by atoms with Crippen molar-refractivity contribution in [3.8, 4) is 16.5 Å². The lowest BCUT2D eigenvalue weighted by molar-refractivity contribution is 0.131. The van der Waals surface area contributed by atoms with Gasteiger partial charge in [-0.2, -0.15) is 4.98 Å². The maximum absolute atomic E-state index is 10.9. The summed E-state index contributed by atoms with van der Waals surface area (Å²) in [5.74, 6) is 1.08. The van der Waals surface area contributed by atoms with Crippen molar-refractivity contribution in [1.82, 2.24) is 25.1 Å². The van der Waals surface area contributed by atoms with Crippen LogP contribution in [0.2, 0.25) is 0 Å². The molecule has 12 heteroatoms. The fourth-order valence-electron chi connectivity index (χ4n) is 4.14.